The highest BCUT2D eigenvalue weighted by atomic mass is 35.5. The van der Waals surface area contributed by atoms with Crippen molar-refractivity contribution in [3.8, 4) is 0 Å². The van der Waals surface area contributed by atoms with E-state index in [4.69, 9.17) is 11.6 Å². The number of hydrogen-bond donors (Lipinski definition) is 3. The van der Waals surface area contributed by atoms with Gasteiger partial charge in [-0.25, -0.2) is 4.79 Å². The maximum Gasteiger partial charge on any atom is 0.319 e. The monoisotopic (exact) mass is 375 g/mol. The first-order chi connectivity index (χ1) is 12.5. The average Bonchev–Trinajstić information content (AvgIpc) is 2.52. The van der Waals surface area contributed by atoms with Gasteiger partial charge in [-0.2, -0.15) is 0 Å². The summed E-state index contributed by atoms with van der Waals surface area (Å²) < 4.78 is 0. The SMILES string of the molecule is O=C(CCNC(=O)Nc1cccc(Cl)c1)NC12CC3CC(CC(C3)C1)C2. The molecule has 0 unspecified atom stereocenters. The topological polar surface area (TPSA) is 70.2 Å². The number of amides is 3. The molecular weight excluding hydrogens is 350 g/mol. The number of hydrogen-bond acceptors (Lipinski definition) is 2. The molecule has 1 aromatic carbocycles. The minimum absolute atomic E-state index is 0.0366. The van der Waals surface area contributed by atoms with E-state index in [-0.39, 0.29) is 17.5 Å². The molecule has 6 heteroatoms. The van der Waals surface area contributed by atoms with Gasteiger partial charge in [-0.1, -0.05) is 17.7 Å². The van der Waals surface area contributed by atoms with Crippen LogP contribution in [0, 0.1) is 17.8 Å². The third-order valence-electron chi connectivity index (χ3n) is 6.16. The minimum atomic E-state index is -0.324. The van der Waals surface area contributed by atoms with E-state index in [1.807, 2.05) is 0 Å². The van der Waals surface area contributed by atoms with Crippen LogP contribution in [0.1, 0.15) is 44.9 Å². The van der Waals surface area contributed by atoms with Crippen molar-refractivity contribution in [1.29, 1.82) is 0 Å². The highest BCUT2D eigenvalue weighted by Gasteiger charge is 2.51. The van der Waals surface area contributed by atoms with E-state index < -0.39 is 0 Å². The van der Waals surface area contributed by atoms with E-state index in [1.165, 1.54) is 19.3 Å². The molecule has 0 radical (unpaired) electrons. The lowest BCUT2D eigenvalue weighted by Gasteiger charge is -2.56. The van der Waals surface area contributed by atoms with E-state index in [0.29, 0.717) is 23.7 Å². The summed E-state index contributed by atoms with van der Waals surface area (Å²) in [6.07, 6.45) is 7.83. The van der Waals surface area contributed by atoms with Crippen LogP contribution in [0.25, 0.3) is 0 Å². The molecule has 0 saturated heterocycles. The Kier molecular flexibility index (Phi) is 4.82. The zero-order chi connectivity index (χ0) is 18.1. The lowest BCUT2D eigenvalue weighted by atomic mass is 9.53. The zero-order valence-electron chi connectivity index (χ0n) is 14.9. The molecular formula is C20H26ClN3O2. The molecule has 0 aliphatic heterocycles. The molecule has 5 nitrogen and oxygen atoms in total. The van der Waals surface area contributed by atoms with Crippen LogP contribution in [-0.2, 0) is 4.79 Å². The number of carbonyl (C=O) groups excluding carboxylic acids is 2. The Morgan fingerprint density at radius 2 is 1.73 bits per heavy atom. The van der Waals surface area contributed by atoms with Crippen LogP contribution in [0.15, 0.2) is 24.3 Å². The maximum absolute atomic E-state index is 12.4. The number of benzene rings is 1. The highest BCUT2D eigenvalue weighted by molar-refractivity contribution is 6.30. The van der Waals surface area contributed by atoms with E-state index in [1.54, 1.807) is 24.3 Å². The summed E-state index contributed by atoms with van der Waals surface area (Å²) in [5, 5.41) is 9.35. The smallest absolute Gasteiger partial charge is 0.319 e. The normalized spacial score (nSPS) is 31.5. The first-order valence-corrected chi connectivity index (χ1v) is 9.99. The largest absolute Gasteiger partial charge is 0.351 e. The molecule has 4 aliphatic carbocycles. The Morgan fingerprint density at radius 3 is 2.35 bits per heavy atom. The highest BCUT2D eigenvalue weighted by Crippen LogP contribution is 2.55. The molecule has 4 bridgehead atoms. The number of nitrogens with one attached hydrogen (secondary N) is 3. The first-order valence-electron chi connectivity index (χ1n) is 9.61. The van der Waals surface area contributed by atoms with Gasteiger partial charge in [0.1, 0.15) is 0 Å². The quantitative estimate of drug-likeness (QED) is 0.729. The van der Waals surface area contributed by atoms with Crippen LogP contribution in [0.5, 0.6) is 0 Å². The molecule has 0 atom stereocenters. The van der Waals surface area contributed by atoms with Gasteiger partial charge < -0.3 is 16.0 Å². The van der Waals surface area contributed by atoms with Crippen molar-refractivity contribution in [3.05, 3.63) is 29.3 Å². The van der Waals surface area contributed by atoms with Crippen molar-refractivity contribution in [3.63, 3.8) is 0 Å². The zero-order valence-corrected chi connectivity index (χ0v) is 15.6. The fraction of sp³-hybridized carbons (Fsp3) is 0.600. The molecule has 0 aromatic heterocycles. The summed E-state index contributed by atoms with van der Waals surface area (Å²) in [6, 6.07) is 6.65. The molecule has 0 heterocycles. The molecule has 4 saturated carbocycles. The second-order valence-corrected chi connectivity index (χ2v) is 8.82. The molecule has 5 rings (SSSR count). The Balaban J connectivity index is 1.21. The fourth-order valence-corrected chi connectivity index (χ4v) is 5.84. The number of rotatable bonds is 5. The van der Waals surface area contributed by atoms with E-state index in [9.17, 15) is 9.59 Å². The van der Waals surface area contributed by atoms with Crippen molar-refractivity contribution in [2.75, 3.05) is 11.9 Å². The van der Waals surface area contributed by atoms with Gasteiger partial charge in [0.15, 0.2) is 0 Å². The van der Waals surface area contributed by atoms with Gasteiger partial charge in [-0.15, -0.1) is 0 Å². The van der Waals surface area contributed by atoms with Gasteiger partial charge in [0, 0.05) is 29.2 Å². The fourth-order valence-electron chi connectivity index (χ4n) is 5.65. The summed E-state index contributed by atoms with van der Waals surface area (Å²) >= 11 is 5.90. The van der Waals surface area contributed by atoms with Gasteiger partial charge in [0.2, 0.25) is 5.91 Å². The summed E-state index contributed by atoms with van der Waals surface area (Å²) in [5.41, 5.74) is 0.669. The van der Waals surface area contributed by atoms with Gasteiger partial charge >= 0.3 is 6.03 Å². The first kappa shape index (κ1) is 17.7. The van der Waals surface area contributed by atoms with Gasteiger partial charge in [0.05, 0.1) is 0 Å². The van der Waals surface area contributed by atoms with Crippen molar-refractivity contribution < 1.29 is 9.59 Å². The third kappa shape index (κ3) is 3.98. The van der Waals surface area contributed by atoms with Crippen LogP contribution in [0.2, 0.25) is 5.02 Å². The lowest BCUT2D eigenvalue weighted by molar-refractivity contribution is -0.126. The van der Waals surface area contributed by atoms with Crippen LogP contribution in [0.3, 0.4) is 0 Å². The summed E-state index contributed by atoms with van der Waals surface area (Å²) in [7, 11) is 0. The molecule has 1 aromatic rings. The Bertz CT molecular complexity index is 671. The standard InChI is InChI=1S/C20H26ClN3O2/c21-16-2-1-3-17(9-16)23-19(26)22-5-4-18(25)24-20-10-13-6-14(11-20)8-15(7-13)12-20/h1-3,9,13-15H,4-8,10-12H2,(H,24,25)(H2,22,23,26). The van der Waals surface area contributed by atoms with Crippen molar-refractivity contribution in [2.24, 2.45) is 17.8 Å². The molecule has 4 aliphatic rings. The number of urea groups is 1. The molecule has 0 spiro atoms. The predicted molar refractivity (Wildman–Crippen MR) is 102 cm³/mol. The number of halogens is 1. The maximum atomic E-state index is 12.4. The van der Waals surface area contributed by atoms with Crippen LogP contribution in [0.4, 0.5) is 10.5 Å². The average molecular weight is 376 g/mol. The van der Waals surface area contributed by atoms with Gasteiger partial charge in [0.25, 0.3) is 0 Å². The number of carbonyl (C=O) groups is 2. The van der Waals surface area contributed by atoms with Crippen molar-refractivity contribution >= 4 is 29.2 Å². The molecule has 140 valence electrons. The van der Waals surface area contributed by atoms with Crippen molar-refractivity contribution in [2.45, 2.75) is 50.5 Å². The summed E-state index contributed by atoms with van der Waals surface area (Å²) in [5.74, 6) is 2.48. The number of anilines is 1. The molecule has 4 fully saturated rings. The van der Waals surface area contributed by atoms with E-state index >= 15 is 0 Å². The van der Waals surface area contributed by atoms with E-state index in [2.05, 4.69) is 16.0 Å². The Hall–Kier alpha value is -1.75. The van der Waals surface area contributed by atoms with Gasteiger partial charge in [-0.3, -0.25) is 4.79 Å². The summed E-state index contributed by atoms with van der Waals surface area (Å²) in [4.78, 5) is 24.3. The summed E-state index contributed by atoms with van der Waals surface area (Å²) in [6.45, 7) is 0.324. The third-order valence-corrected chi connectivity index (χ3v) is 6.40. The predicted octanol–water partition coefficient (Wildman–Crippen LogP) is 3.94. The molecule has 26 heavy (non-hydrogen) atoms. The second kappa shape index (κ2) is 7.10. The van der Waals surface area contributed by atoms with Gasteiger partial charge in [-0.05, 0) is 74.5 Å². The lowest BCUT2D eigenvalue weighted by Crippen LogP contribution is -2.60. The van der Waals surface area contributed by atoms with Crippen LogP contribution < -0.4 is 16.0 Å². The second-order valence-electron chi connectivity index (χ2n) is 8.39. The van der Waals surface area contributed by atoms with E-state index in [0.717, 1.165) is 37.0 Å². The van der Waals surface area contributed by atoms with Crippen molar-refractivity contribution in [1.82, 2.24) is 10.6 Å². The van der Waals surface area contributed by atoms with Crippen LogP contribution >= 0.6 is 11.6 Å². The Labute approximate surface area is 159 Å². The minimum Gasteiger partial charge on any atom is -0.351 e. The molecule has 3 N–H and O–H groups in total. The Morgan fingerprint density at radius 1 is 1.08 bits per heavy atom. The van der Waals surface area contributed by atoms with Crippen LogP contribution in [-0.4, -0.2) is 24.0 Å². The molecule has 3 amide bonds.